The van der Waals surface area contributed by atoms with E-state index in [0.29, 0.717) is 0 Å². The number of hydrogen-bond acceptors (Lipinski definition) is 3. The smallest absolute Gasteiger partial charge is 0.326 e. The second kappa shape index (κ2) is 8.76. The van der Waals surface area contributed by atoms with E-state index in [9.17, 15) is 35.2 Å². The Morgan fingerprint density at radius 1 is 1.03 bits per heavy atom. The molecule has 0 spiro atoms. The number of nitrogens with one attached hydrogen (secondary N) is 1. The lowest BCUT2D eigenvalue weighted by Gasteiger charge is -2.22. The van der Waals surface area contributed by atoms with Crippen molar-refractivity contribution < 1.29 is 35.2 Å². The molecule has 0 saturated carbocycles. The van der Waals surface area contributed by atoms with Crippen LogP contribution in [0.2, 0.25) is 0 Å². The quantitative estimate of drug-likeness (QED) is 0.663. The summed E-state index contributed by atoms with van der Waals surface area (Å²) in [5.74, 6) is -2.88. The van der Waals surface area contributed by atoms with Crippen molar-refractivity contribution in [2.75, 3.05) is 22.4 Å². The third-order valence-electron chi connectivity index (χ3n) is 3.85. The van der Waals surface area contributed by atoms with Gasteiger partial charge in [0.1, 0.15) is 0 Å². The van der Waals surface area contributed by atoms with Gasteiger partial charge < -0.3 is 5.32 Å². The summed E-state index contributed by atoms with van der Waals surface area (Å²) < 4.78 is 88.7. The molecular weight excluding hydrogens is 419 g/mol. The van der Waals surface area contributed by atoms with Crippen molar-refractivity contribution in [3.8, 4) is 0 Å². The zero-order valence-corrected chi connectivity index (χ0v) is 15.9. The highest BCUT2D eigenvalue weighted by atomic mass is 32.2. The second-order valence-corrected chi connectivity index (χ2v) is 8.07. The number of amides is 1. The maximum atomic E-state index is 13.4. The van der Waals surface area contributed by atoms with Gasteiger partial charge >= 0.3 is 6.18 Å². The van der Waals surface area contributed by atoms with Crippen LogP contribution in [-0.2, 0) is 21.0 Å². The van der Waals surface area contributed by atoms with Gasteiger partial charge in [-0.1, -0.05) is 0 Å². The van der Waals surface area contributed by atoms with Gasteiger partial charge in [-0.15, -0.1) is 0 Å². The molecule has 0 fully saturated rings. The van der Waals surface area contributed by atoms with E-state index < -0.39 is 39.3 Å². The summed E-state index contributed by atoms with van der Waals surface area (Å²) >= 11 is 0. The van der Waals surface area contributed by atoms with E-state index >= 15 is 0 Å². The van der Waals surface area contributed by atoms with E-state index in [1.807, 2.05) is 0 Å². The van der Waals surface area contributed by atoms with Gasteiger partial charge in [0.25, 0.3) is 0 Å². The van der Waals surface area contributed by atoms with Crippen molar-refractivity contribution >= 4 is 27.3 Å². The zero-order valence-electron chi connectivity index (χ0n) is 15.1. The van der Waals surface area contributed by atoms with Gasteiger partial charge in [0, 0.05) is 24.7 Å². The first-order valence-corrected chi connectivity index (χ1v) is 10.1. The van der Waals surface area contributed by atoms with Crippen molar-refractivity contribution in [2.45, 2.75) is 19.0 Å². The minimum Gasteiger partial charge on any atom is -0.326 e. The molecule has 29 heavy (non-hydrogen) atoms. The molecule has 0 heterocycles. The van der Waals surface area contributed by atoms with E-state index in [1.54, 1.807) is 0 Å². The number of anilines is 2. The number of nitrogens with zero attached hydrogens (tertiary/aromatic N) is 1. The third kappa shape index (κ3) is 6.41. The van der Waals surface area contributed by atoms with Crippen molar-refractivity contribution in [1.82, 2.24) is 0 Å². The van der Waals surface area contributed by atoms with Crippen molar-refractivity contribution in [2.24, 2.45) is 0 Å². The van der Waals surface area contributed by atoms with Gasteiger partial charge in [-0.3, -0.25) is 9.10 Å². The lowest BCUT2D eigenvalue weighted by molar-refractivity contribution is -0.137. The summed E-state index contributed by atoms with van der Waals surface area (Å²) in [6.45, 7) is -0.176. The fourth-order valence-corrected chi connectivity index (χ4v) is 3.43. The predicted octanol–water partition coefficient (Wildman–Crippen LogP) is 4.17. The number of carbonyl (C=O) groups excluding carboxylic acids is 1. The SMILES string of the molecule is CS(=O)(=O)N(CCCC(=O)Nc1ccc(C(F)(F)F)cc1)c1ccc(F)c(F)c1. The molecule has 2 aromatic carbocycles. The molecule has 0 bridgehead atoms. The molecule has 2 aromatic rings. The standard InChI is InChI=1S/C18H17F5N2O3S/c1-29(27,28)25(14-8-9-15(19)16(20)11-14)10-2-3-17(26)24-13-6-4-12(5-7-13)18(21,22)23/h4-9,11H,2-3,10H2,1H3,(H,24,26). The Hall–Kier alpha value is -2.69. The maximum absolute atomic E-state index is 13.4. The minimum atomic E-state index is -4.49. The van der Waals surface area contributed by atoms with Crippen LogP contribution in [0, 0.1) is 11.6 Å². The molecule has 0 aromatic heterocycles. The normalized spacial score (nSPS) is 11.9. The fourth-order valence-electron chi connectivity index (χ4n) is 2.48. The lowest BCUT2D eigenvalue weighted by Crippen LogP contribution is -2.31. The van der Waals surface area contributed by atoms with Crippen molar-refractivity contribution in [1.29, 1.82) is 0 Å². The third-order valence-corrected chi connectivity index (χ3v) is 5.05. The van der Waals surface area contributed by atoms with Gasteiger partial charge in [-0.25, -0.2) is 17.2 Å². The first kappa shape index (κ1) is 22.6. The topological polar surface area (TPSA) is 66.5 Å². The molecule has 0 saturated heterocycles. The van der Waals surface area contributed by atoms with Crippen LogP contribution in [0.15, 0.2) is 42.5 Å². The molecule has 0 aliphatic carbocycles. The van der Waals surface area contributed by atoms with Crippen LogP contribution in [0.1, 0.15) is 18.4 Å². The van der Waals surface area contributed by atoms with Crippen LogP contribution < -0.4 is 9.62 Å². The number of benzene rings is 2. The molecule has 1 amide bonds. The predicted molar refractivity (Wildman–Crippen MR) is 97.9 cm³/mol. The van der Waals surface area contributed by atoms with E-state index in [1.165, 1.54) is 0 Å². The van der Waals surface area contributed by atoms with E-state index in [0.717, 1.165) is 53.0 Å². The Balaban J connectivity index is 1.97. The molecule has 0 atom stereocenters. The van der Waals surface area contributed by atoms with Gasteiger partial charge in [0.05, 0.1) is 17.5 Å². The number of hydrogen-bond donors (Lipinski definition) is 1. The molecule has 11 heteroatoms. The Kier molecular flexibility index (Phi) is 6.83. The molecule has 0 unspecified atom stereocenters. The van der Waals surface area contributed by atoms with Gasteiger partial charge in [-0.05, 0) is 42.8 Å². The zero-order chi connectivity index (χ0) is 21.8. The summed E-state index contributed by atoms with van der Waals surface area (Å²) in [6.07, 6.45) is -3.71. The first-order chi connectivity index (χ1) is 13.4. The fraction of sp³-hybridized carbons (Fsp3) is 0.278. The first-order valence-electron chi connectivity index (χ1n) is 8.28. The van der Waals surface area contributed by atoms with E-state index in [2.05, 4.69) is 5.32 Å². The molecule has 0 radical (unpaired) electrons. The van der Waals surface area contributed by atoms with Crippen molar-refractivity contribution in [3.05, 3.63) is 59.7 Å². The van der Waals surface area contributed by atoms with Gasteiger partial charge in [-0.2, -0.15) is 13.2 Å². The number of rotatable bonds is 7. The van der Waals surface area contributed by atoms with E-state index in [-0.39, 0.29) is 30.8 Å². The Morgan fingerprint density at radius 2 is 1.66 bits per heavy atom. The van der Waals surface area contributed by atoms with Crippen LogP contribution in [0.25, 0.3) is 0 Å². The van der Waals surface area contributed by atoms with Gasteiger partial charge in [0.2, 0.25) is 15.9 Å². The highest BCUT2D eigenvalue weighted by Gasteiger charge is 2.30. The average Bonchev–Trinajstić information content (AvgIpc) is 2.60. The molecule has 2 rings (SSSR count). The monoisotopic (exact) mass is 436 g/mol. The Labute approximate surface area is 164 Å². The molecule has 1 N–H and O–H groups in total. The highest BCUT2D eigenvalue weighted by molar-refractivity contribution is 7.92. The summed E-state index contributed by atoms with van der Waals surface area (Å²) in [4.78, 5) is 11.9. The summed E-state index contributed by atoms with van der Waals surface area (Å²) in [7, 11) is -3.82. The number of halogens is 5. The van der Waals surface area contributed by atoms with Crippen LogP contribution in [0.3, 0.4) is 0 Å². The molecule has 0 aliphatic rings. The number of carbonyl (C=O) groups is 1. The molecular formula is C18H17F5N2O3S. The van der Waals surface area contributed by atoms with E-state index in [4.69, 9.17) is 0 Å². The average molecular weight is 436 g/mol. The summed E-state index contributed by atoms with van der Waals surface area (Å²) in [5.41, 5.74) is -0.788. The minimum absolute atomic E-state index is 0.0402. The maximum Gasteiger partial charge on any atom is 0.416 e. The van der Waals surface area contributed by atoms with Crippen LogP contribution in [0.5, 0.6) is 0 Å². The molecule has 158 valence electrons. The molecule has 0 aliphatic heterocycles. The van der Waals surface area contributed by atoms with Crippen LogP contribution in [-0.4, -0.2) is 27.1 Å². The highest BCUT2D eigenvalue weighted by Crippen LogP contribution is 2.29. The number of alkyl halides is 3. The van der Waals surface area contributed by atoms with Gasteiger partial charge in [0.15, 0.2) is 11.6 Å². The Bertz CT molecular complexity index is 976. The Morgan fingerprint density at radius 3 is 2.17 bits per heavy atom. The summed E-state index contributed by atoms with van der Waals surface area (Å²) in [5, 5.41) is 2.41. The largest absolute Gasteiger partial charge is 0.416 e. The summed E-state index contributed by atoms with van der Waals surface area (Å²) in [6, 6.07) is 6.48. The number of sulfonamides is 1. The lowest BCUT2D eigenvalue weighted by atomic mass is 10.2. The molecule has 5 nitrogen and oxygen atoms in total. The van der Waals surface area contributed by atoms with Crippen LogP contribution >= 0.6 is 0 Å². The van der Waals surface area contributed by atoms with Crippen molar-refractivity contribution in [3.63, 3.8) is 0 Å². The second-order valence-electron chi connectivity index (χ2n) is 6.16. The van der Waals surface area contributed by atoms with Crippen LogP contribution in [0.4, 0.5) is 33.3 Å².